The molecule has 1 N–H and O–H groups in total. The SMILES string of the molecule is CC(C)CN(C[C@@H]1CCCN1)C1CCCC1. The second-order valence-corrected chi connectivity index (χ2v) is 6.08. The van der Waals surface area contributed by atoms with E-state index < -0.39 is 0 Å². The molecule has 2 aliphatic rings. The van der Waals surface area contributed by atoms with E-state index in [0.717, 1.165) is 18.0 Å². The Bertz CT molecular complexity index is 191. The third-order valence-electron chi connectivity index (χ3n) is 4.06. The van der Waals surface area contributed by atoms with Crippen LogP contribution in [0.25, 0.3) is 0 Å². The largest absolute Gasteiger partial charge is 0.313 e. The molecule has 2 rings (SSSR count). The highest BCUT2D eigenvalue weighted by molar-refractivity contribution is 4.84. The highest BCUT2D eigenvalue weighted by Gasteiger charge is 2.26. The van der Waals surface area contributed by atoms with Crippen molar-refractivity contribution in [2.24, 2.45) is 5.92 Å². The lowest BCUT2D eigenvalue weighted by Crippen LogP contribution is -2.44. The number of nitrogens with zero attached hydrogens (tertiary/aromatic N) is 1. The standard InChI is InChI=1S/C14H28N2/c1-12(2)10-16(14-7-3-4-8-14)11-13-6-5-9-15-13/h12-15H,3-11H2,1-2H3/t13-/m0/s1. The molecule has 2 heteroatoms. The molecule has 1 aliphatic carbocycles. The zero-order chi connectivity index (χ0) is 11.4. The molecule has 0 aromatic carbocycles. The predicted octanol–water partition coefficient (Wildman–Crippen LogP) is 2.64. The third-order valence-corrected chi connectivity index (χ3v) is 4.06. The van der Waals surface area contributed by atoms with Gasteiger partial charge >= 0.3 is 0 Å². The van der Waals surface area contributed by atoms with Gasteiger partial charge in [0.2, 0.25) is 0 Å². The molecule has 0 unspecified atom stereocenters. The van der Waals surface area contributed by atoms with Crippen LogP contribution in [0, 0.1) is 5.92 Å². The highest BCUT2D eigenvalue weighted by atomic mass is 15.2. The maximum absolute atomic E-state index is 3.64. The van der Waals surface area contributed by atoms with Crippen LogP contribution >= 0.6 is 0 Å². The summed E-state index contributed by atoms with van der Waals surface area (Å²) in [4.78, 5) is 2.78. The molecule has 0 amide bonds. The second kappa shape index (κ2) is 6.02. The van der Waals surface area contributed by atoms with Crippen molar-refractivity contribution in [1.29, 1.82) is 0 Å². The van der Waals surface area contributed by atoms with Crippen LogP contribution in [0.5, 0.6) is 0 Å². The van der Waals surface area contributed by atoms with Crippen molar-refractivity contribution >= 4 is 0 Å². The van der Waals surface area contributed by atoms with Gasteiger partial charge in [-0.15, -0.1) is 0 Å². The Labute approximate surface area is 101 Å². The van der Waals surface area contributed by atoms with E-state index in [1.165, 1.54) is 58.2 Å². The monoisotopic (exact) mass is 224 g/mol. The van der Waals surface area contributed by atoms with Gasteiger partial charge in [-0.05, 0) is 38.1 Å². The van der Waals surface area contributed by atoms with E-state index in [2.05, 4.69) is 24.1 Å². The molecule has 0 bridgehead atoms. The first kappa shape index (κ1) is 12.4. The number of hydrogen-bond donors (Lipinski definition) is 1. The minimum atomic E-state index is 0.777. The molecule has 0 spiro atoms. The number of rotatable bonds is 5. The lowest BCUT2D eigenvalue weighted by Gasteiger charge is -2.32. The molecule has 0 aromatic rings. The Kier molecular flexibility index (Phi) is 4.66. The van der Waals surface area contributed by atoms with Gasteiger partial charge in [-0.25, -0.2) is 0 Å². The van der Waals surface area contributed by atoms with Crippen LogP contribution in [0.4, 0.5) is 0 Å². The maximum Gasteiger partial charge on any atom is 0.0195 e. The van der Waals surface area contributed by atoms with Crippen LogP contribution < -0.4 is 5.32 Å². The lowest BCUT2D eigenvalue weighted by molar-refractivity contribution is 0.162. The fourth-order valence-electron chi connectivity index (χ4n) is 3.31. The van der Waals surface area contributed by atoms with E-state index in [1.807, 2.05) is 0 Å². The molecule has 1 saturated carbocycles. The molecule has 2 nitrogen and oxygen atoms in total. The second-order valence-electron chi connectivity index (χ2n) is 6.08. The summed E-state index contributed by atoms with van der Waals surface area (Å²) >= 11 is 0. The number of nitrogens with one attached hydrogen (secondary N) is 1. The van der Waals surface area contributed by atoms with Gasteiger partial charge in [-0.2, -0.15) is 0 Å². The van der Waals surface area contributed by atoms with Crippen molar-refractivity contribution in [3.8, 4) is 0 Å². The minimum Gasteiger partial charge on any atom is -0.313 e. The van der Waals surface area contributed by atoms with Gasteiger partial charge in [-0.3, -0.25) is 4.90 Å². The first-order valence-electron chi connectivity index (χ1n) is 7.23. The lowest BCUT2D eigenvalue weighted by atomic mass is 10.1. The van der Waals surface area contributed by atoms with Gasteiger partial charge < -0.3 is 5.32 Å². The van der Waals surface area contributed by atoms with Crippen LogP contribution in [-0.2, 0) is 0 Å². The van der Waals surface area contributed by atoms with Crippen LogP contribution in [0.1, 0.15) is 52.4 Å². The Balaban J connectivity index is 1.85. The molecule has 1 saturated heterocycles. The topological polar surface area (TPSA) is 15.3 Å². The van der Waals surface area contributed by atoms with Crippen molar-refractivity contribution in [2.45, 2.75) is 64.5 Å². The molecule has 2 fully saturated rings. The van der Waals surface area contributed by atoms with Crippen LogP contribution in [-0.4, -0.2) is 36.6 Å². The van der Waals surface area contributed by atoms with Crippen LogP contribution in [0.2, 0.25) is 0 Å². The van der Waals surface area contributed by atoms with Crippen molar-refractivity contribution < 1.29 is 0 Å². The van der Waals surface area contributed by atoms with Crippen LogP contribution in [0.3, 0.4) is 0 Å². The third kappa shape index (κ3) is 3.46. The zero-order valence-electron chi connectivity index (χ0n) is 11.0. The first-order valence-corrected chi connectivity index (χ1v) is 7.23. The summed E-state index contributed by atoms with van der Waals surface area (Å²) in [5.41, 5.74) is 0. The Morgan fingerprint density at radius 3 is 2.44 bits per heavy atom. The van der Waals surface area contributed by atoms with Gasteiger partial charge in [0.1, 0.15) is 0 Å². The van der Waals surface area contributed by atoms with Crippen molar-refractivity contribution in [1.82, 2.24) is 10.2 Å². The van der Waals surface area contributed by atoms with Crippen molar-refractivity contribution in [3.63, 3.8) is 0 Å². The van der Waals surface area contributed by atoms with Crippen LogP contribution in [0.15, 0.2) is 0 Å². The van der Waals surface area contributed by atoms with E-state index >= 15 is 0 Å². The summed E-state index contributed by atoms with van der Waals surface area (Å²) in [6.07, 6.45) is 8.57. The molecule has 1 aliphatic heterocycles. The molecule has 0 aromatic heterocycles. The summed E-state index contributed by atoms with van der Waals surface area (Å²) in [6.45, 7) is 8.53. The summed E-state index contributed by atoms with van der Waals surface area (Å²) in [6, 6.07) is 1.67. The summed E-state index contributed by atoms with van der Waals surface area (Å²) in [7, 11) is 0. The molecule has 16 heavy (non-hydrogen) atoms. The highest BCUT2D eigenvalue weighted by Crippen LogP contribution is 2.25. The fourth-order valence-corrected chi connectivity index (χ4v) is 3.31. The normalized spacial score (nSPS) is 27.4. The summed E-state index contributed by atoms with van der Waals surface area (Å²) in [5.74, 6) is 0.807. The van der Waals surface area contributed by atoms with E-state index in [1.54, 1.807) is 0 Å². The number of hydrogen-bond acceptors (Lipinski definition) is 2. The fraction of sp³-hybridized carbons (Fsp3) is 1.00. The van der Waals surface area contributed by atoms with E-state index in [9.17, 15) is 0 Å². The van der Waals surface area contributed by atoms with E-state index in [-0.39, 0.29) is 0 Å². The Morgan fingerprint density at radius 1 is 1.12 bits per heavy atom. The Morgan fingerprint density at radius 2 is 1.88 bits per heavy atom. The average Bonchev–Trinajstić information content (AvgIpc) is 2.88. The summed E-state index contributed by atoms with van der Waals surface area (Å²) in [5, 5.41) is 3.64. The molecule has 0 radical (unpaired) electrons. The van der Waals surface area contributed by atoms with Gasteiger partial charge in [0.05, 0.1) is 0 Å². The van der Waals surface area contributed by atoms with Gasteiger partial charge in [0.15, 0.2) is 0 Å². The van der Waals surface area contributed by atoms with Gasteiger partial charge in [0.25, 0.3) is 0 Å². The molecule has 1 atom stereocenters. The Hall–Kier alpha value is -0.0800. The van der Waals surface area contributed by atoms with E-state index in [0.29, 0.717) is 0 Å². The van der Waals surface area contributed by atoms with Gasteiger partial charge in [-0.1, -0.05) is 26.7 Å². The molecular weight excluding hydrogens is 196 g/mol. The van der Waals surface area contributed by atoms with Gasteiger partial charge in [0, 0.05) is 25.2 Å². The smallest absolute Gasteiger partial charge is 0.0195 e. The molecule has 94 valence electrons. The quantitative estimate of drug-likeness (QED) is 0.772. The van der Waals surface area contributed by atoms with E-state index in [4.69, 9.17) is 0 Å². The predicted molar refractivity (Wildman–Crippen MR) is 69.7 cm³/mol. The zero-order valence-corrected chi connectivity index (χ0v) is 11.0. The molecular formula is C14H28N2. The van der Waals surface area contributed by atoms with Crippen molar-refractivity contribution in [3.05, 3.63) is 0 Å². The molecule has 1 heterocycles. The van der Waals surface area contributed by atoms with Crippen molar-refractivity contribution in [2.75, 3.05) is 19.6 Å². The first-order chi connectivity index (χ1) is 7.75. The maximum atomic E-state index is 3.64. The minimum absolute atomic E-state index is 0.777. The average molecular weight is 224 g/mol. The summed E-state index contributed by atoms with van der Waals surface area (Å²) < 4.78 is 0.